The minimum Gasteiger partial charge on any atom is -0.548 e. The summed E-state index contributed by atoms with van der Waals surface area (Å²) in [5, 5.41) is 25.5. The lowest BCUT2D eigenvalue weighted by Gasteiger charge is -2.28. The van der Waals surface area contributed by atoms with Gasteiger partial charge in [0.25, 0.3) is 0 Å². The molecule has 0 amide bonds. The molecule has 0 aromatic heterocycles. The normalized spacial score (nSPS) is 11.2. The van der Waals surface area contributed by atoms with E-state index in [1.165, 1.54) is 109 Å². The second-order valence-corrected chi connectivity index (χ2v) is 8.94. The van der Waals surface area contributed by atoms with E-state index >= 15 is 0 Å². The van der Waals surface area contributed by atoms with Crippen LogP contribution in [0.4, 0.5) is 0 Å². The second-order valence-electron chi connectivity index (χ2n) is 8.94. The van der Waals surface area contributed by atoms with Crippen LogP contribution in [0.5, 0.6) is 0 Å². The van der Waals surface area contributed by atoms with Crippen molar-refractivity contribution in [3.63, 3.8) is 0 Å². The van der Waals surface area contributed by atoms with Crippen molar-refractivity contribution < 1.29 is 24.6 Å². The first-order valence-corrected chi connectivity index (χ1v) is 12.1. The summed E-state index contributed by atoms with van der Waals surface area (Å²) in [7, 11) is 4.45. The average Bonchev–Trinajstić information content (AvgIpc) is 2.68. The maximum Gasteiger partial charge on any atom is 0.102 e. The Hall–Kier alpha value is -0.650. The molecule has 0 saturated carbocycles. The zero-order valence-electron chi connectivity index (χ0n) is 19.8. The first-order valence-electron chi connectivity index (χ1n) is 12.1. The van der Waals surface area contributed by atoms with E-state index in [1.807, 2.05) is 0 Å². The third-order valence-electron chi connectivity index (χ3n) is 5.45. The second kappa shape index (κ2) is 23.6. The molecule has 0 heterocycles. The molecule has 0 bridgehead atoms. The fraction of sp³-hybridized carbons (Fsp3) is 0.958. The van der Waals surface area contributed by atoms with E-state index in [1.54, 1.807) is 0 Å². The van der Waals surface area contributed by atoms with Crippen LogP contribution in [0.2, 0.25) is 0 Å². The lowest BCUT2D eigenvalue weighted by Crippen LogP contribution is -2.42. The summed E-state index contributed by atoms with van der Waals surface area (Å²) in [5.41, 5.74) is 0. The maximum absolute atomic E-state index is 9.02. The van der Waals surface area contributed by atoms with Gasteiger partial charge in [-0.2, -0.15) is 0 Å². The van der Waals surface area contributed by atoms with Gasteiger partial charge in [-0.15, -0.1) is 0 Å². The van der Waals surface area contributed by atoms with Crippen molar-refractivity contribution in [2.24, 2.45) is 0 Å². The predicted molar refractivity (Wildman–Crippen MR) is 121 cm³/mol. The number of hydrogen-bond acceptors (Lipinski definition) is 4. The number of nitrogens with zero attached hydrogens (tertiary/aromatic N) is 1. The van der Waals surface area contributed by atoms with Crippen LogP contribution < -0.4 is 5.11 Å². The average molecular weight is 418 g/mol. The molecule has 0 aromatic carbocycles. The van der Waals surface area contributed by atoms with Gasteiger partial charge in [0, 0.05) is 0 Å². The van der Waals surface area contributed by atoms with Crippen molar-refractivity contribution in [2.45, 2.75) is 110 Å². The largest absolute Gasteiger partial charge is 0.548 e. The molecule has 29 heavy (non-hydrogen) atoms. The van der Waals surface area contributed by atoms with E-state index in [4.69, 9.17) is 20.1 Å². The van der Waals surface area contributed by atoms with Crippen LogP contribution in [0.1, 0.15) is 110 Å². The number of carboxylic acid groups (broad SMARTS) is 1. The van der Waals surface area contributed by atoms with Crippen LogP contribution in [0, 0.1) is 0 Å². The Morgan fingerprint density at radius 3 is 1.24 bits per heavy atom. The first kappa shape index (κ1) is 30.5. The van der Waals surface area contributed by atoms with E-state index in [-0.39, 0.29) is 0 Å². The van der Waals surface area contributed by atoms with Gasteiger partial charge < -0.3 is 24.6 Å². The van der Waals surface area contributed by atoms with E-state index in [0.29, 0.717) is 6.61 Å². The summed E-state index contributed by atoms with van der Waals surface area (Å²) in [6, 6.07) is 0. The smallest absolute Gasteiger partial charge is 0.102 e. The van der Waals surface area contributed by atoms with Gasteiger partial charge in [-0.25, -0.2) is 0 Å². The van der Waals surface area contributed by atoms with Crippen molar-refractivity contribution in [1.29, 1.82) is 0 Å². The molecule has 5 heteroatoms. The molecule has 0 spiro atoms. The maximum atomic E-state index is 9.02. The summed E-state index contributed by atoms with van der Waals surface area (Å²) in [6.45, 7) is 3.81. The monoisotopic (exact) mass is 417 g/mol. The molecule has 2 N–H and O–H groups in total. The fourth-order valence-electron chi connectivity index (χ4n) is 3.47. The highest BCUT2D eigenvalue weighted by Crippen LogP contribution is 2.14. The highest BCUT2D eigenvalue weighted by Gasteiger charge is 2.12. The Morgan fingerprint density at radius 2 is 0.966 bits per heavy atom. The molecule has 0 aliphatic rings. The van der Waals surface area contributed by atoms with Crippen molar-refractivity contribution >= 4 is 5.97 Å². The molecule has 0 unspecified atom stereocenters. The van der Waals surface area contributed by atoms with Crippen LogP contribution in [0.25, 0.3) is 0 Å². The third kappa shape index (κ3) is 29.6. The summed E-state index contributed by atoms with van der Waals surface area (Å²) in [4.78, 5) is 9.01. The first-order chi connectivity index (χ1) is 13.9. The molecule has 0 fully saturated rings. The number of aliphatic hydroxyl groups excluding tert-OH is 2. The molecule has 0 rings (SSSR count). The summed E-state index contributed by atoms with van der Waals surface area (Å²) >= 11 is 0. The number of hydrogen-bond donors (Lipinski definition) is 2. The summed E-state index contributed by atoms with van der Waals surface area (Å²) in [6.07, 6.45) is 22.9. The SMILES string of the molecule is CCCCCCCCCCCCCCCCCC[N+](C)(C)CCO.O=C([O-])CO. The van der Waals surface area contributed by atoms with E-state index in [9.17, 15) is 0 Å². The highest BCUT2D eigenvalue weighted by molar-refractivity contribution is 5.65. The zero-order chi connectivity index (χ0) is 22.2. The molecule has 176 valence electrons. The van der Waals surface area contributed by atoms with Crippen molar-refractivity contribution in [3.8, 4) is 0 Å². The van der Waals surface area contributed by atoms with Crippen molar-refractivity contribution in [2.75, 3.05) is 40.4 Å². The van der Waals surface area contributed by atoms with E-state index in [2.05, 4.69) is 21.0 Å². The third-order valence-corrected chi connectivity index (χ3v) is 5.45. The number of aliphatic hydroxyl groups is 2. The molecule has 0 radical (unpaired) electrons. The highest BCUT2D eigenvalue weighted by atomic mass is 16.4. The standard InChI is InChI=1S/C22H48NO.C2H4O3/c1-4-5-6-7-8-9-10-11-12-13-14-15-16-17-18-19-20-23(2,3)21-22-24;3-1-2(4)5/h24H,4-22H2,1-3H3;3H,1H2,(H,4,5)/q+1;/p-1. The molecular weight excluding hydrogens is 366 g/mol. The molecular formula is C24H51NO4. The minimum atomic E-state index is -1.44. The number of unbranched alkanes of at least 4 members (excludes halogenated alkanes) is 15. The zero-order valence-corrected chi connectivity index (χ0v) is 19.8. The van der Waals surface area contributed by atoms with Gasteiger partial charge >= 0.3 is 0 Å². The molecule has 0 saturated heterocycles. The van der Waals surface area contributed by atoms with Crippen LogP contribution in [-0.4, -0.2) is 61.1 Å². The van der Waals surface area contributed by atoms with Gasteiger partial charge in [-0.1, -0.05) is 96.8 Å². The number of carboxylic acids is 1. The molecule has 0 atom stereocenters. The van der Waals surface area contributed by atoms with Gasteiger partial charge in [0.1, 0.15) is 6.54 Å². The quantitative estimate of drug-likeness (QED) is 0.231. The van der Waals surface area contributed by atoms with Gasteiger partial charge in [0.2, 0.25) is 0 Å². The Balaban J connectivity index is 0. The van der Waals surface area contributed by atoms with Crippen molar-refractivity contribution in [1.82, 2.24) is 0 Å². The Morgan fingerprint density at radius 1 is 0.655 bits per heavy atom. The number of likely N-dealkylation sites (N-methyl/N-ethyl adjacent to an activating group) is 1. The Bertz CT molecular complexity index is 335. The summed E-state index contributed by atoms with van der Waals surface area (Å²) in [5.74, 6) is -1.44. The van der Waals surface area contributed by atoms with E-state index < -0.39 is 12.6 Å². The van der Waals surface area contributed by atoms with Crippen LogP contribution >= 0.6 is 0 Å². The lowest BCUT2D eigenvalue weighted by atomic mass is 10.0. The molecule has 0 aromatic rings. The minimum absolute atomic E-state index is 0.311. The predicted octanol–water partition coefficient (Wildman–Crippen LogP) is 4.05. The van der Waals surface area contributed by atoms with Gasteiger partial charge in [-0.05, 0) is 12.8 Å². The topological polar surface area (TPSA) is 80.6 Å². The Labute approximate surface area is 181 Å². The van der Waals surface area contributed by atoms with Crippen LogP contribution in [0.3, 0.4) is 0 Å². The summed E-state index contributed by atoms with van der Waals surface area (Å²) < 4.78 is 0.967. The number of aliphatic carboxylic acids is 1. The van der Waals surface area contributed by atoms with Crippen LogP contribution in [-0.2, 0) is 4.79 Å². The van der Waals surface area contributed by atoms with Gasteiger partial charge in [0.15, 0.2) is 0 Å². The number of carbonyl (C=O) groups is 1. The van der Waals surface area contributed by atoms with Crippen LogP contribution in [0.15, 0.2) is 0 Å². The Kier molecular flexibility index (Phi) is 24.9. The molecule has 0 aliphatic carbocycles. The number of carbonyl (C=O) groups excluding carboxylic acids is 1. The fourth-order valence-corrected chi connectivity index (χ4v) is 3.47. The lowest BCUT2D eigenvalue weighted by molar-refractivity contribution is -0.890. The van der Waals surface area contributed by atoms with Gasteiger partial charge in [0.05, 0.1) is 39.8 Å². The molecule has 0 aliphatic heterocycles. The molecule has 5 nitrogen and oxygen atoms in total. The number of rotatable bonds is 20. The van der Waals surface area contributed by atoms with E-state index in [0.717, 1.165) is 11.0 Å². The number of quaternary nitrogens is 1. The van der Waals surface area contributed by atoms with Crippen molar-refractivity contribution in [3.05, 3.63) is 0 Å². The van der Waals surface area contributed by atoms with Gasteiger partial charge in [-0.3, -0.25) is 0 Å².